The van der Waals surface area contributed by atoms with Gasteiger partial charge in [-0.1, -0.05) is 37.8 Å². The van der Waals surface area contributed by atoms with E-state index in [1.165, 1.54) is 7.11 Å². The number of aryl methyl sites for hydroxylation is 1. The smallest absolute Gasteiger partial charge is 0.339 e. The molecule has 0 saturated heterocycles. The van der Waals surface area contributed by atoms with Gasteiger partial charge in [-0.3, -0.25) is 0 Å². The van der Waals surface area contributed by atoms with Crippen LogP contribution in [0.4, 0.5) is 0 Å². The van der Waals surface area contributed by atoms with Gasteiger partial charge < -0.3 is 9.47 Å². The van der Waals surface area contributed by atoms with Crippen LogP contribution < -0.4 is 0 Å². The van der Waals surface area contributed by atoms with E-state index < -0.39 is 11.9 Å². The summed E-state index contributed by atoms with van der Waals surface area (Å²) in [6, 6.07) is 5.01. The van der Waals surface area contributed by atoms with Crippen LogP contribution in [-0.2, 0) is 9.47 Å². The van der Waals surface area contributed by atoms with Crippen LogP contribution in [0.3, 0.4) is 0 Å². The fourth-order valence-electron chi connectivity index (χ4n) is 1.89. The second-order valence-electron chi connectivity index (χ2n) is 4.74. The lowest BCUT2D eigenvalue weighted by Gasteiger charge is -2.09. The minimum atomic E-state index is -0.525. The van der Waals surface area contributed by atoms with Crippen LogP contribution in [-0.4, -0.2) is 25.7 Å². The lowest BCUT2D eigenvalue weighted by Crippen LogP contribution is -2.14. The summed E-state index contributed by atoms with van der Waals surface area (Å²) in [4.78, 5) is 23.7. The third-order valence-electron chi connectivity index (χ3n) is 3.03. The molecule has 4 nitrogen and oxygen atoms in total. The van der Waals surface area contributed by atoms with Crippen molar-refractivity contribution < 1.29 is 19.1 Å². The zero-order chi connectivity index (χ0) is 15.0. The summed E-state index contributed by atoms with van der Waals surface area (Å²) >= 11 is 0. The number of carbonyl (C=O) groups is 2. The molecule has 0 aliphatic heterocycles. The van der Waals surface area contributed by atoms with Gasteiger partial charge in [-0.05, 0) is 25.5 Å². The molecule has 0 aliphatic rings. The van der Waals surface area contributed by atoms with E-state index in [1.807, 2.05) is 6.92 Å². The summed E-state index contributed by atoms with van der Waals surface area (Å²) in [6.07, 6.45) is 4.16. The van der Waals surface area contributed by atoms with Gasteiger partial charge in [0.2, 0.25) is 0 Å². The molecule has 0 unspecified atom stereocenters. The van der Waals surface area contributed by atoms with Crippen LogP contribution in [0.1, 0.15) is 58.9 Å². The maximum absolute atomic E-state index is 12.0. The standard InChI is InChI=1S/C16H22O4/c1-4-5-6-7-10-20-16(18)14-11-12(2)8-9-13(14)15(17)19-3/h8-9,11H,4-7,10H2,1-3H3. The fourth-order valence-corrected chi connectivity index (χ4v) is 1.89. The fraction of sp³-hybridized carbons (Fsp3) is 0.500. The van der Waals surface area contributed by atoms with Gasteiger partial charge in [-0.2, -0.15) is 0 Å². The Morgan fingerprint density at radius 1 is 1.05 bits per heavy atom. The predicted octanol–water partition coefficient (Wildman–Crippen LogP) is 3.52. The number of hydrogen-bond donors (Lipinski definition) is 0. The molecular weight excluding hydrogens is 256 g/mol. The summed E-state index contributed by atoms with van der Waals surface area (Å²) < 4.78 is 9.90. The third kappa shape index (κ3) is 4.68. The van der Waals surface area contributed by atoms with Crippen LogP contribution in [0.5, 0.6) is 0 Å². The monoisotopic (exact) mass is 278 g/mol. The topological polar surface area (TPSA) is 52.6 Å². The van der Waals surface area contributed by atoms with E-state index in [2.05, 4.69) is 11.7 Å². The van der Waals surface area contributed by atoms with Gasteiger partial charge in [-0.15, -0.1) is 0 Å². The Hall–Kier alpha value is -1.84. The largest absolute Gasteiger partial charge is 0.465 e. The van der Waals surface area contributed by atoms with Crippen LogP contribution in [0.25, 0.3) is 0 Å². The van der Waals surface area contributed by atoms with Crippen LogP contribution in [0.15, 0.2) is 18.2 Å². The quantitative estimate of drug-likeness (QED) is 0.565. The molecule has 1 aromatic rings. The molecule has 0 bridgehead atoms. The first-order valence-electron chi connectivity index (χ1n) is 6.96. The molecule has 20 heavy (non-hydrogen) atoms. The Labute approximate surface area is 120 Å². The van der Waals surface area contributed by atoms with Crippen molar-refractivity contribution >= 4 is 11.9 Å². The predicted molar refractivity (Wildman–Crippen MR) is 76.9 cm³/mol. The summed E-state index contributed by atoms with van der Waals surface area (Å²) in [5.74, 6) is -0.992. The zero-order valence-corrected chi connectivity index (χ0v) is 12.4. The lowest BCUT2D eigenvalue weighted by atomic mass is 10.0. The van der Waals surface area contributed by atoms with Gasteiger partial charge in [0.1, 0.15) is 0 Å². The molecule has 110 valence electrons. The van der Waals surface area contributed by atoms with E-state index in [1.54, 1.807) is 18.2 Å². The molecule has 0 amide bonds. The number of methoxy groups -OCH3 is 1. The first kappa shape index (κ1) is 16.2. The van der Waals surface area contributed by atoms with Crippen molar-refractivity contribution in [2.45, 2.75) is 39.5 Å². The molecule has 4 heteroatoms. The zero-order valence-electron chi connectivity index (χ0n) is 12.4. The Balaban J connectivity index is 2.71. The van der Waals surface area contributed by atoms with E-state index in [0.717, 1.165) is 31.2 Å². The number of esters is 2. The molecule has 0 heterocycles. The van der Waals surface area contributed by atoms with E-state index in [4.69, 9.17) is 4.74 Å². The number of rotatable bonds is 7. The summed E-state index contributed by atoms with van der Waals surface area (Å²) in [6.45, 7) is 4.37. The average molecular weight is 278 g/mol. The summed E-state index contributed by atoms with van der Waals surface area (Å²) in [7, 11) is 1.29. The number of ether oxygens (including phenoxy) is 2. The van der Waals surface area contributed by atoms with Gasteiger partial charge in [0.15, 0.2) is 0 Å². The summed E-state index contributed by atoms with van der Waals surface area (Å²) in [5.41, 5.74) is 1.42. The first-order valence-corrected chi connectivity index (χ1v) is 6.96. The van der Waals surface area contributed by atoms with Crippen molar-refractivity contribution in [2.75, 3.05) is 13.7 Å². The second kappa shape index (κ2) is 8.35. The van der Waals surface area contributed by atoms with E-state index >= 15 is 0 Å². The Morgan fingerprint density at radius 2 is 1.80 bits per heavy atom. The minimum Gasteiger partial charge on any atom is -0.465 e. The minimum absolute atomic E-state index is 0.247. The van der Waals surface area contributed by atoms with Gasteiger partial charge in [0.05, 0.1) is 24.8 Å². The van der Waals surface area contributed by atoms with Crippen molar-refractivity contribution in [1.29, 1.82) is 0 Å². The van der Waals surface area contributed by atoms with Crippen LogP contribution in [0.2, 0.25) is 0 Å². The van der Waals surface area contributed by atoms with Crippen LogP contribution >= 0.6 is 0 Å². The highest BCUT2D eigenvalue weighted by Crippen LogP contribution is 2.15. The van der Waals surface area contributed by atoms with Crippen molar-refractivity contribution in [3.05, 3.63) is 34.9 Å². The van der Waals surface area contributed by atoms with E-state index in [9.17, 15) is 9.59 Å². The highest BCUT2D eigenvalue weighted by molar-refractivity contribution is 6.03. The normalized spacial score (nSPS) is 10.2. The molecule has 0 aliphatic carbocycles. The molecule has 0 N–H and O–H groups in total. The van der Waals surface area contributed by atoms with Crippen molar-refractivity contribution in [3.8, 4) is 0 Å². The maximum atomic E-state index is 12.0. The molecule has 0 spiro atoms. The van der Waals surface area contributed by atoms with E-state index in [0.29, 0.717) is 6.61 Å². The Kier molecular flexibility index (Phi) is 6.77. The number of unbranched alkanes of at least 4 members (excludes halogenated alkanes) is 3. The van der Waals surface area contributed by atoms with E-state index in [-0.39, 0.29) is 11.1 Å². The molecule has 1 aromatic carbocycles. The van der Waals surface area contributed by atoms with Gasteiger partial charge in [-0.25, -0.2) is 9.59 Å². The van der Waals surface area contributed by atoms with Crippen molar-refractivity contribution in [2.24, 2.45) is 0 Å². The van der Waals surface area contributed by atoms with Crippen molar-refractivity contribution in [3.63, 3.8) is 0 Å². The van der Waals surface area contributed by atoms with Gasteiger partial charge in [0.25, 0.3) is 0 Å². The van der Waals surface area contributed by atoms with Gasteiger partial charge >= 0.3 is 11.9 Å². The number of hydrogen-bond acceptors (Lipinski definition) is 4. The highest BCUT2D eigenvalue weighted by atomic mass is 16.5. The molecule has 0 aromatic heterocycles. The van der Waals surface area contributed by atoms with Crippen LogP contribution in [0, 0.1) is 6.92 Å². The maximum Gasteiger partial charge on any atom is 0.339 e. The Bertz CT molecular complexity index is 466. The first-order chi connectivity index (χ1) is 9.60. The SMILES string of the molecule is CCCCCCOC(=O)c1cc(C)ccc1C(=O)OC. The van der Waals surface area contributed by atoms with Gasteiger partial charge in [0, 0.05) is 0 Å². The highest BCUT2D eigenvalue weighted by Gasteiger charge is 2.18. The molecule has 0 atom stereocenters. The third-order valence-corrected chi connectivity index (χ3v) is 3.03. The second-order valence-corrected chi connectivity index (χ2v) is 4.74. The number of benzene rings is 1. The molecular formula is C16H22O4. The molecule has 0 radical (unpaired) electrons. The molecule has 0 fully saturated rings. The Morgan fingerprint density at radius 3 is 2.45 bits per heavy atom. The summed E-state index contributed by atoms with van der Waals surface area (Å²) in [5, 5.41) is 0. The lowest BCUT2D eigenvalue weighted by molar-refractivity contribution is 0.0480. The molecule has 1 rings (SSSR count). The molecule has 0 saturated carbocycles. The average Bonchev–Trinajstić information content (AvgIpc) is 2.46. The van der Waals surface area contributed by atoms with Crippen molar-refractivity contribution in [1.82, 2.24) is 0 Å². The number of carbonyl (C=O) groups excluding carboxylic acids is 2.